The molecule has 0 amide bonds. The number of rotatable bonds is 4. The van der Waals surface area contributed by atoms with Gasteiger partial charge in [0.25, 0.3) is 0 Å². The normalized spacial score (nSPS) is 13.5. The highest BCUT2D eigenvalue weighted by Crippen LogP contribution is 2.27. The number of ketones is 1. The maximum absolute atomic E-state index is 12.0. The van der Waals surface area contributed by atoms with Crippen molar-refractivity contribution >= 4 is 22.9 Å². The molecule has 0 radical (unpaired) electrons. The zero-order valence-electron chi connectivity index (χ0n) is 13.5. The van der Waals surface area contributed by atoms with Crippen LogP contribution in [0.25, 0.3) is 0 Å². The third-order valence-electron chi connectivity index (χ3n) is 4.28. The maximum atomic E-state index is 12.0. The predicted molar refractivity (Wildman–Crippen MR) is 95.7 cm³/mol. The Morgan fingerprint density at radius 3 is 2.39 bits per heavy atom. The van der Waals surface area contributed by atoms with Crippen LogP contribution in [0.5, 0.6) is 0 Å². The zero-order chi connectivity index (χ0) is 16.4. The molecule has 2 aromatic rings. The molecule has 0 aromatic heterocycles. The number of anilines is 2. The molecule has 2 aromatic carbocycles. The van der Waals surface area contributed by atoms with Gasteiger partial charge < -0.3 is 10.6 Å². The van der Waals surface area contributed by atoms with Gasteiger partial charge >= 0.3 is 0 Å². The fourth-order valence-electron chi connectivity index (χ4n) is 3.04. The summed E-state index contributed by atoms with van der Waals surface area (Å²) in [6, 6.07) is 13.7. The predicted octanol–water partition coefficient (Wildman–Crippen LogP) is 3.15. The molecular formula is C19H21N3O. The summed E-state index contributed by atoms with van der Waals surface area (Å²) in [4.78, 5) is 18.7. The van der Waals surface area contributed by atoms with E-state index >= 15 is 0 Å². The van der Waals surface area contributed by atoms with Crippen LogP contribution in [0.3, 0.4) is 0 Å². The van der Waals surface area contributed by atoms with E-state index in [1.165, 1.54) is 0 Å². The highest BCUT2D eigenvalue weighted by atomic mass is 16.1. The zero-order valence-corrected chi connectivity index (χ0v) is 13.5. The van der Waals surface area contributed by atoms with Crippen molar-refractivity contribution in [3.8, 4) is 0 Å². The van der Waals surface area contributed by atoms with Crippen molar-refractivity contribution in [2.45, 2.75) is 13.8 Å². The van der Waals surface area contributed by atoms with Crippen LogP contribution >= 0.6 is 0 Å². The third-order valence-corrected chi connectivity index (χ3v) is 4.28. The second-order valence-electron chi connectivity index (χ2n) is 5.58. The fourth-order valence-corrected chi connectivity index (χ4v) is 3.04. The smallest absolute Gasteiger partial charge is 0.184 e. The summed E-state index contributed by atoms with van der Waals surface area (Å²) in [6.07, 6.45) is 0. The molecule has 3 rings (SSSR count). The Morgan fingerprint density at radius 2 is 1.74 bits per heavy atom. The average molecular weight is 307 g/mol. The van der Waals surface area contributed by atoms with E-state index < -0.39 is 0 Å². The van der Waals surface area contributed by atoms with Gasteiger partial charge in [0.05, 0.1) is 5.71 Å². The van der Waals surface area contributed by atoms with Crippen molar-refractivity contribution in [2.24, 2.45) is 4.99 Å². The number of Topliss-reactive ketones (excluding diaryl/α,β-unsaturated/α-hetero) is 1. The topological polar surface area (TPSA) is 58.7 Å². The number of carbonyl (C=O) groups is 1. The van der Waals surface area contributed by atoms with Gasteiger partial charge in [0, 0.05) is 41.2 Å². The monoisotopic (exact) mass is 307 g/mol. The standard InChI is InChI=1S/C19H21N3O/c1-3-22(4-2)13-9-10-16(17(20)11-13)19-15-8-6-5-7-14(15)18(23)12-21-19/h5-11H,3-4,12,20H2,1-2H3. The Labute approximate surface area is 136 Å². The number of hydrogen-bond acceptors (Lipinski definition) is 4. The van der Waals surface area contributed by atoms with E-state index in [0.717, 1.165) is 41.2 Å². The molecule has 118 valence electrons. The van der Waals surface area contributed by atoms with E-state index in [2.05, 4.69) is 29.8 Å². The number of hydrogen-bond donors (Lipinski definition) is 1. The van der Waals surface area contributed by atoms with Crippen LogP contribution < -0.4 is 10.6 Å². The van der Waals surface area contributed by atoms with Gasteiger partial charge in [-0.05, 0) is 32.0 Å². The van der Waals surface area contributed by atoms with Gasteiger partial charge in [0.15, 0.2) is 5.78 Å². The molecule has 0 atom stereocenters. The molecule has 0 aliphatic carbocycles. The highest BCUT2D eigenvalue weighted by molar-refractivity contribution is 6.23. The molecule has 4 heteroatoms. The van der Waals surface area contributed by atoms with E-state index in [-0.39, 0.29) is 12.3 Å². The van der Waals surface area contributed by atoms with Gasteiger partial charge in [-0.2, -0.15) is 0 Å². The van der Waals surface area contributed by atoms with Crippen molar-refractivity contribution in [3.05, 3.63) is 59.2 Å². The van der Waals surface area contributed by atoms with E-state index in [0.29, 0.717) is 5.69 Å². The lowest BCUT2D eigenvalue weighted by molar-refractivity contribution is 0.1000. The number of nitrogen functional groups attached to an aromatic ring is 1. The number of fused-ring (bicyclic) bond motifs is 1. The molecule has 1 heterocycles. The van der Waals surface area contributed by atoms with Crippen molar-refractivity contribution in [1.29, 1.82) is 0 Å². The van der Waals surface area contributed by atoms with Gasteiger partial charge in [0.2, 0.25) is 0 Å². The second-order valence-corrected chi connectivity index (χ2v) is 5.58. The minimum absolute atomic E-state index is 0.0580. The first-order valence-electron chi connectivity index (χ1n) is 7.97. The van der Waals surface area contributed by atoms with Crippen LogP contribution in [0.1, 0.15) is 35.3 Å². The van der Waals surface area contributed by atoms with E-state index in [1.54, 1.807) is 0 Å². The van der Waals surface area contributed by atoms with Gasteiger partial charge in [-0.3, -0.25) is 9.79 Å². The average Bonchev–Trinajstić information content (AvgIpc) is 2.57. The molecule has 1 aliphatic heterocycles. The summed E-state index contributed by atoms with van der Waals surface area (Å²) in [5.41, 5.74) is 11.4. The van der Waals surface area contributed by atoms with Crippen LogP contribution in [0.2, 0.25) is 0 Å². The van der Waals surface area contributed by atoms with Crippen LogP contribution in [0, 0.1) is 0 Å². The molecule has 0 saturated carbocycles. The van der Waals surface area contributed by atoms with Crippen LogP contribution in [-0.2, 0) is 0 Å². The van der Waals surface area contributed by atoms with E-state index in [1.807, 2.05) is 36.4 Å². The number of benzene rings is 2. The molecule has 1 aliphatic rings. The number of carbonyl (C=O) groups excluding carboxylic acids is 1. The lowest BCUT2D eigenvalue weighted by Gasteiger charge is -2.23. The van der Waals surface area contributed by atoms with E-state index in [9.17, 15) is 4.79 Å². The largest absolute Gasteiger partial charge is 0.398 e. The molecule has 0 spiro atoms. The quantitative estimate of drug-likeness (QED) is 0.883. The molecule has 0 fully saturated rings. The van der Waals surface area contributed by atoms with Gasteiger partial charge in [-0.25, -0.2) is 0 Å². The van der Waals surface area contributed by atoms with Crippen molar-refractivity contribution in [3.63, 3.8) is 0 Å². The Bertz CT molecular complexity index is 776. The second kappa shape index (κ2) is 6.24. The molecular weight excluding hydrogens is 286 g/mol. The van der Waals surface area contributed by atoms with Crippen molar-refractivity contribution in [2.75, 3.05) is 30.3 Å². The number of nitrogens with zero attached hydrogens (tertiary/aromatic N) is 2. The first-order chi connectivity index (χ1) is 11.2. The van der Waals surface area contributed by atoms with Crippen LogP contribution in [-0.4, -0.2) is 31.1 Å². The SMILES string of the molecule is CCN(CC)c1ccc(C2=NCC(=O)c3ccccc32)c(N)c1. The minimum atomic E-state index is 0.0580. The molecule has 0 saturated heterocycles. The number of nitrogens with two attached hydrogens (primary N) is 1. The van der Waals surface area contributed by atoms with Crippen LogP contribution in [0.4, 0.5) is 11.4 Å². The van der Waals surface area contributed by atoms with Crippen molar-refractivity contribution in [1.82, 2.24) is 0 Å². The van der Waals surface area contributed by atoms with Gasteiger partial charge in [0.1, 0.15) is 6.54 Å². The van der Waals surface area contributed by atoms with Gasteiger partial charge in [-0.15, -0.1) is 0 Å². The van der Waals surface area contributed by atoms with E-state index in [4.69, 9.17) is 5.73 Å². The minimum Gasteiger partial charge on any atom is -0.398 e. The molecule has 2 N–H and O–H groups in total. The Hall–Kier alpha value is -2.62. The summed E-state index contributed by atoms with van der Waals surface area (Å²) < 4.78 is 0. The highest BCUT2D eigenvalue weighted by Gasteiger charge is 2.22. The maximum Gasteiger partial charge on any atom is 0.184 e. The Morgan fingerprint density at radius 1 is 1.04 bits per heavy atom. The summed E-state index contributed by atoms with van der Waals surface area (Å²) in [5.74, 6) is 0.0580. The number of aliphatic imine (C=N–C) groups is 1. The lowest BCUT2D eigenvalue weighted by Crippen LogP contribution is -2.23. The molecule has 0 unspecified atom stereocenters. The lowest BCUT2D eigenvalue weighted by atomic mass is 9.92. The van der Waals surface area contributed by atoms with Gasteiger partial charge in [-0.1, -0.05) is 24.3 Å². The van der Waals surface area contributed by atoms with Crippen molar-refractivity contribution < 1.29 is 4.79 Å². The molecule has 0 bridgehead atoms. The van der Waals surface area contributed by atoms with Crippen LogP contribution in [0.15, 0.2) is 47.5 Å². The Kier molecular flexibility index (Phi) is 4.15. The Balaban J connectivity index is 2.05. The summed E-state index contributed by atoms with van der Waals surface area (Å²) >= 11 is 0. The molecule has 23 heavy (non-hydrogen) atoms. The summed E-state index contributed by atoms with van der Waals surface area (Å²) in [5, 5.41) is 0. The third kappa shape index (κ3) is 2.72. The molecule has 4 nitrogen and oxygen atoms in total. The summed E-state index contributed by atoms with van der Waals surface area (Å²) in [6.45, 7) is 6.31. The first kappa shape index (κ1) is 15.3. The fraction of sp³-hybridized carbons (Fsp3) is 0.263. The first-order valence-corrected chi connectivity index (χ1v) is 7.97. The summed E-state index contributed by atoms with van der Waals surface area (Å²) in [7, 11) is 0.